The average Bonchev–Trinajstić information content (AvgIpc) is 2.14. The van der Waals surface area contributed by atoms with E-state index in [1.54, 1.807) is 6.92 Å². The quantitative estimate of drug-likeness (QED) is 0.855. The first-order valence-corrected chi connectivity index (χ1v) is 5.53. The summed E-state index contributed by atoms with van der Waals surface area (Å²) in [5, 5.41) is 0. The van der Waals surface area contributed by atoms with Gasteiger partial charge in [-0.15, -0.1) is 0 Å². The van der Waals surface area contributed by atoms with Crippen LogP contribution in [-0.2, 0) is 16.1 Å². The Kier molecular flexibility index (Phi) is 4.78. The first-order chi connectivity index (χ1) is 7.08. The Morgan fingerprint density at radius 2 is 2.33 bits per heavy atom. The van der Waals surface area contributed by atoms with Crippen LogP contribution in [0.3, 0.4) is 0 Å². The molecular formula is C11H14BrNO2. The van der Waals surface area contributed by atoms with Crippen LogP contribution in [0.2, 0.25) is 0 Å². The Balaban J connectivity index is 2.40. The fourth-order valence-electron chi connectivity index (χ4n) is 1.11. The zero-order valence-corrected chi connectivity index (χ0v) is 10.2. The summed E-state index contributed by atoms with van der Waals surface area (Å²) >= 11 is 3.35. The van der Waals surface area contributed by atoms with E-state index in [9.17, 15) is 4.79 Å². The molecule has 3 nitrogen and oxygen atoms in total. The summed E-state index contributed by atoms with van der Waals surface area (Å²) in [4.78, 5) is 11.2. The molecule has 0 bridgehead atoms. The van der Waals surface area contributed by atoms with Crippen molar-refractivity contribution in [3.05, 3.63) is 34.3 Å². The number of benzene rings is 1. The number of nitrogens with two attached hydrogens (primary N) is 1. The molecule has 0 aliphatic carbocycles. The normalized spacial score (nSPS) is 12.2. The third-order valence-electron chi connectivity index (χ3n) is 1.78. The van der Waals surface area contributed by atoms with Gasteiger partial charge in [0.25, 0.3) is 0 Å². The van der Waals surface area contributed by atoms with Crippen molar-refractivity contribution >= 4 is 21.9 Å². The third kappa shape index (κ3) is 4.95. The number of esters is 1. The van der Waals surface area contributed by atoms with Gasteiger partial charge in [-0.05, 0) is 24.6 Å². The Morgan fingerprint density at radius 1 is 1.60 bits per heavy atom. The van der Waals surface area contributed by atoms with Crippen molar-refractivity contribution in [3.8, 4) is 0 Å². The minimum atomic E-state index is -0.259. The second-order valence-corrected chi connectivity index (χ2v) is 4.39. The van der Waals surface area contributed by atoms with Crippen LogP contribution in [0.4, 0.5) is 0 Å². The lowest BCUT2D eigenvalue weighted by molar-refractivity contribution is -0.145. The highest BCUT2D eigenvalue weighted by atomic mass is 79.9. The van der Waals surface area contributed by atoms with Crippen LogP contribution in [0.25, 0.3) is 0 Å². The minimum Gasteiger partial charge on any atom is -0.461 e. The predicted octanol–water partition coefficient (Wildman–Crippen LogP) is 2.23. The fourth-order valence-corrected chi connectivity index (χ4v) is 1.56. The van der Waals surface area contributed by atoms with Gasteiger partial charge in [-0.25, -0.2) is 0 Å². The molecule has 1 aromatic carbocycles. The molecule has 1 unspecified atom stereocenters. The number of carbonyl (C=O) groups excluding carboxylic acids is 1. The number of hydrogen-bond donors (Lipinski definition) is 1. The van der Waals surface area contributed by atoms with Gasteiger partial charge in [-0.2, -0.15) is 0 Å². The highest BCUT2D eigenvalue weighted by Gasteiger charge is 2.06. The smallest absolute Gasteiger partial charge is 0.307 e. The van der Waals surface area contributed by atoms with Crippen molar-refractivity contribution < 1.29 is 9.53 Å². The lowest BCUT2D eigenvalue weighted by Crippen LogP contribution is -2.20. The summed E-state index contributed by atoms with van der Waals surface area (Å²) < 4.78 is 6.03. The van der Waals surface area contributed by atoms with Crippen LogP contribution in [-0.4, -0.2) is 12.0 Å². The van der Waals surface area contributed by atoms with Crippen LogP contribution < -0.4 is 5.73 Å². The molecule has 0 fully saturated rings. The van der Waals surface area contributed by atoms with E-state index < -0.39 is 0 Å². The minimum absolute atomic E-state index is 0.153. The Hall–Kier alpha value is -0.870. The van der Waals surface area contributed by atoms with E-state index in [1.165, 1.54) is 0 Å². The molecule has 0 radical (unpaired) electrons. The van der Waals surface area contributed by atoms with Gasteiger partial charge in [-0.3, -0.25) is 4.79 Å². The van der Waals surface area contributed by atoms with Gasteiger partial charge in [-0.1, -0.05) is 28.1 Å². The van der Waals surface area contributed by atoms with Crippen molar-refractivity contribution in [1.29, 1.82) is 0 Å². The monoisotopic (exact) mass is 271 g/mol. The zero-order chi connectivity index (χ0) is 11.3. The lowest BCUT2D eigenvalue weighted by atomic mass is 10.2. The van der Waals surface area contributed by atoms with Crippen LogP contribution in [0, 0.1) is 0 Å². The van der Waals surface area contributed by atoms with Crippen LogP contribution in [0.5, 0.6) is 0 Å². The number of carbonyl (C=O) groups is 1. The first-order valence-electron chi connectivity index (χ1n) is 4.73. The number of rotatable bonds is 4. The molecular weight excluding hydrogens is 258 g/mol. The van der Waals surface area contributed by atoms with Crippen molar-refractivity contribution in [2.45, 2.75) is 26.0 Å². The van der Waals surface area contributed by atoms with Gasteiger partial charge < -0.3 is 10.5 Å². The van der Waals surface area contributed by atoms with E-state index in [0.717, 1.165) is 10.0 Å². The summed E-state index contributed by atoms with van der Waals surface area (Å²) in [6.45, 7) is 2.07. The van der Waals surface area contributed by atoms with Gasteiger partial charge in [0.1, 0.15) is 6.61 Å². The maximum atomic E-state index is 11.2. The Morgan fingerprint density at radius 3 is 2.93 bits per heavy atom. The van der Waals surface area contributed by atoms with Crippen molar-refractivity contribution in [2.75, 3.05) is 0 Å². The highest BCUT2D eigenvalue weighted by Crippen LogP contribution is 2.12. The van der Waals surface area contributed by atoms with E-state index in [2.05, 4.69) is 15.9 Å². The van der Waals surface area contributed by atoms with Gasteiger partial charge >= 0.3 is 5.97 Å². The van der Waals surface area contributed by atoms with Gasteiger partial charge in [0, 0.05) is 10.5 Å². The molecule has 0 aliphatic rings. The van der Waals surface area contributed by atoms with E-state index in [-0.39, 0.29) is 18.4 Å². The van der Waals surface area contributed by atoms with Crippen molar-refractivity contribution in [2.24, 2.45) is 5.73 Å². The molecule has 2 N–H and O–H groups in total. The number of halogens is 1. The average molecular weight is 272 g/mol. The molecule has 0 saturated heterocycles. The third-order valence-corrected chi connectivity index (χ3v) is 2.27. The summed E-state index contributed by atoms with van der Waals surface area (Å²) in [5.41, 5.74) is 6.44. The molecule has 1 aromatic rings. The molecule has 0 spiro atoms. The molecule has 82 valence electrons. The van der Waals surface area contributed by atoms with E-state index in [1.807, 2.05) is 24.3 Å². The largest absolute Gasteiger partial charge is 0.461 e. The SMILES string of the molecule is CC(N)CC(=O)OCc1cccc(Br)c1. The fraction of sp³-hybridized carbons (Fsp3) is 0.364. The summed E-state index contributed by atoms with van der Waals surface area (Å²) in [7, 11) is 0. The second-order valence-electron chi connectivity index (χ2n) is 3.47. The number of hydrogen-bond acceptors (Lipinski definition) is 3. The Bertz CT molecular complexity index is 339. The molecule has 0 saturated carbocycles. The highest BCUT2D eigenvalue weighted by molar-refractivity contribution is 9.10. The molecule has 15 heavy (non-hydrogen) atoms. The molecule has 0 heterocycles. The predicted molar refractivity (Wildman–Crippen MR) is 62.2 cm³/mol. The Labute approximate surface area is 97.7 Å². The molecule has 1 rings (SSSR count). The first kappa shape index (κ1) is 12.2. The van der Waals surface area contributed by atoms with Gasteiger partial charge in [0.2, 0.25) is 0 Å². The summed E-state index contributed by atoms with van der Waals surface area (Å²) in [6, 6.07) is 7.50. The maximum Gasteiger partial charge on any atom is 0.307 e. The summed E-state index contributed by atoms with van der Waals surface area (Å²) in [5.74, 6) is -0.259. The molecule has 1 atom stereocenters. The molecule has 0 amide bonds. The molecule has 4 heteroatoms. The molecule has 0 aliphatic heterocycles. The second kappa shape index (κ2) is 5.88. The van der Waals surface area contributed by atoms with Crippen molar-refractivity contribution in [1.82, 2.24) is 0 Å². The van der Waals surface area contributed by atoms with E-state index >= 15 is 0 Å². The van der Waals surface area contributed by atoms with E-state index in [4.69, 9.17) is 10.5 Å². The summed E-state index contributed by atoms with van der Waals surface area (Å²) in [6.07, 6.45) is 0.258. The van der Waals surface area contributed by atoms with Crippen LogP contribution >= 0.6 is 15.9 Å². The van der Waals surface area contributed by atoms with Crippen LogP contribution in [0.15, 0.2) is 28.7 Å². The standard InChI is InChI=1S/C11H14BrNO2/c1-8(13)5-11(14)15-7-9-3-2-4-10(12)6-9/h2-4,6,8H,5,7,13H2,1H3. The maximum absolute atomic E-state index is 11.2. The molecule has 0 aromatic heterocycles. The van der Waals surface area contributed by atoms with Gasteiger partial charge in [0.05, 0.1) is 6.42 Å². The van der Waals surface area contributed by atoms with Crippen molar-refractivity contribution in [3.63, 3.8) is 0 Å². The zero-order valence-electron chi connectivity index (χ0n) is 8.57. The van der Waals surface area contributed by atoms with Crippen LogP contribution in [0.1, 0.15) is 18.9 Å². The van der Waals surface area contributed by atoms with Gasteiger partial charge in [0.15, 0.2) is 0 Å². The topological polar surface area (TPSA) is 52.3 Å². The van der Waals surface area contributed by atoms with E-state index in [0.29, 0.717) is 6.61 Å². The number of ether oxygens (including phenoxy) is 1. The lowest BCUT2D eigenvalue weighted by Gasteiger charge is -2.06.